The Morgan fingerprint density at radius 2 is 2.22 bits per heavy atom. The second kappa shape index (κ2) is 6.20. The van der Waals surface area contributed by atoms with Gasteiger partial charge in [0.15, 0.2) is 0 Å². The number of carbonyl (C=O) groups excluding carboxylic acids is 1. The first-order valence-electron chi connectivity index (χ1n) is 7.54. The van der Waals surface area contributed by atoms with Gasteiger partial charge in [-0.3, -0.25) is 4.79 Å². The SMILES string of the molecule is CN(C)C(=O)C[C@H]1CN(Cc2cnn(C)n2)c2ccc(Cl)cc21. The molecule has 6 nitrogen and oxygen atoms in total. The lowest BCUT2D eigenvalue weighted by Gasteiger charge is -2.19. The van der Waals surface area contributed by atoms with Crippen molar-refractivity contribution in [1.29, 1.82) is 0 Å². The topological polar surface area (TPSA) is 54.3 Å². The van der Waals surface area contributed by atoms with Crippen LogP contribution in [0, 0.1) is 0 Å². The largest absolute Gasteiger partial charge is 0.365 e. The van der Waals surface area contributed by atoms with Crippen LogP contribution in [0.1, 0.15) is 23.6 Å². The zero-order chi connectivity index (χ0) is 16.6. The van der Waals surface area contributed by atoms with Gasteiger partial charge in [0.05, 0.1) is 12.7 Å². The summed E-state index contributed by atoms with van der Waals surface area (Å²) in [6, 6.07) is 5.88. The summed E-state index contributed by atoms with van der Waals surface area (Å²) in [7, 11) is 5.38. The molecule has 0 bridgehead atoms. The number of nitrogens with zero attached hydrogens (tertiary/aromatic N) is 5. The molecule has 122 valence electrons. The Labute approximate surface area is 140 Å². The number of carbonyl (C=O) groups is 1. The van der Waals surface area contributed by atoms with Gasteiger partial charge in [0.2, 0.25) is 5.91 Å². The molecule has 0 radical (unpaired) electrons. The Bertz CT molecular complexity index is 727. The maximum absolute atomic E-state index is 12.1. The molecular formula is C16H20ClN5O. The quantitative estimate of drug-likeness (QED) is 0.859. The van der Waals surface area contributed by atoms with Crippen molar-refractivity contribution in [3.8, 4) is 0 Å². The molecule has 1 aromatic heterocycles. The highest BCUT2D eigenvalue weighted by molar-refractivity contribution is 6.30. The van der Waals surface area contributed by atoms with Crippen molar-refractivity contribution in [1.82, 2.24) is 19.9 Å². The van der Waals surface area contributed by atoms with E-state index in [0.29, 0.717) is 18.0 Å². The summed E-state index contributed by atoms with van der Waals surface area (Å²) in [6.07, 6.45) is 2.26. The number of benzene rings is 1. The first-order chi connectivity index (χ1) is 10.9. The minimum Gasteiger partial charge on any atom is -0.365 e. The summed E-state index contributed by atoms with van der Waals surface area (Å²) in [5, 5.41) is 9.16. The van der Waals surface area contributed by atoms with Crippen molar-refractivity contribution >= 4 is 23.2 Å². The van der Waals surface area contributed by atoms with E-state index in [-0.39, 0.29) is 11.8 Å². The standard InChI is InChI=1S/C16H20ClN5O/c1-20(2)16(23)6-11-9-22(10-13-8-18-21(3)19-13)15-5-4-12(17)7-14(11)15/h4-5,7-8,11H,6,9-10H2,1-3H3/t11-/m0/s1. The molecule has 0 aliphatic carbocycles. The lowest BCUT2D eigenvalue weighted by molar-refractivity contribution is -0.129. The Balaban J connectivity index is 1.85. The first kappa shape index (κ1) is 15.8. The summed E-state index contributed by atoms with van der Waals surface area (Å²) in [5.41, 5.74) is 3.17. The van der Waals surface area contributed by atoms with Gasteiger partial charge in [0, 0.05) is 50.7 Å². The third-order valence-electron chi connectivity index (χ3n) is 4.13. The van der Waals surface area contributed by atoms with Crippen LogP contribution in [-0.2, 0) is 18.4 Å². The molecule has 3 rings (SSSR count). The van der Waals surface area contributed by atoms with E-state index >= 15 is 0 Å². The summed E-state index contributed by atoms with van der Waals surface area (Å²) < 4.78 is 0. The third kappa shape index (κ3) is 3.32. The van der Waals surface area contributed by atoms with Crippen LogP contribution in [0.25, 0.3) is 0 Å². The Morgan fingerprint density at radius 3 is 2.87 bits per heavy atom. The molecule has 0 saturated carbocycles. The van der Waals surface area contributed by atoms with Crippen LogP contribution >= 0.6 is 11.6 Å². The molecule has 1 aromatic carbocycles. The molecule has 1 aliphatic heterocycles. The molecule has 2 heterocycles. The van der Waals surface area contributed by atoms with Crippen molar-refractivity contribution < 1.29 is 4.79 Å². The molecule has 7 heteroatoms. The van der Waals surface area contributed by atoms with Crippen LogP contribution in [0.2, 0.25) is 5.02 Å². The number of amides is 1. The van der Waals surface area contributed by atoms with Gasteiger partial charge in [-0.25, -0.2) is 0 Å². The highest BCUT2D eigenvalue weighted by Crippen LogP contribution is 2.40. The van der Waals surface area contributed by atoms with Crippen LogP contribution in [0.3, 0.4) is 0 Å². The maximum Gasteiger partial charge on any atom is 0.222 e. The lowest BCUT2D eigenvalue weighted by atomic mass is 9.97. The van der Waals surface area contributed by atoms with Gasteiger partial charge in [-0.15, -0.1) is 0 Å². The second-order valence-corrected chi connectivity index (χ2v) is 6.53. The fourth-order valence-electron chi connectivity index (χ4n) is 2.98. The van der Waals surface area contributed by atoms with Crippen molar-refractivity contribution in [2.75, 3.05) is 25.5 Å². The van der Waals surface area contributed by atoms with Crippen molar-refractivity contribution in [3.05, 3.63) is 40.7 Å². The normalized spacial score (nSPS) is 16.5. The van der Waals surface area contributed by atoms with Gasteiger partial charge >= 0.3 is 0 Å². The van der Waals surface area contributed by atoms with E-state index in [1.54, 1.807) is 37.0 Å². The highest BCUT2D eigenvalue weighted by atomic mass is 35.5. The summed E-state index contributed by atoms with van der Waals surface area (Å²) >= 11 is 6.16. The van der Waals surface area contributed by atoms with Gasteiger partial charge < -0.3 is 9.80 Å². The molecule has 1 aliphatic rings. The fourth-order valence-corrected chi connectivity index (χ4v) is 3.16. The van der Waals surface area contributed by atoms with Gasteiger partial charge in [-0.05, 0) is 23.8 Å². The van der Waals surface area contributed by atoms with Gasteiger partial charge in [0.25, 0.3) is 0 Å². The molecular weight excluding hydrogens is 314 g/mol. The number of halogens is 1. The highest BCUT2D eigenvalue weighted by Gasteiger charge is 2.31. The molecule has 0 saturated heterocycles. The Kier molecular flexibility index (Phi) is 4.26. The van der Waals surface area contributed by atoms with Crippen LogP contribution in [0.5, 0.6) is 0 Å². The first-order valence-corrected chi connectivity index (χ1v) is 7.91. The molecule has 1 atom stereocenters. The Hall–Kier alpha value is -2.08. The molecule has 0 fully saturated rings. The molecule has 1 amide bonds. The van der Waals surface area contributed by atoms with Crippen molar-refractivity contribution in [3.63, 3.8) is 0 Å². The minimum absolute atomic E-state index is 0.127. The monoisotopic (exact) mass is 333 g/mol. The van der Waals surface area contributed by atoms with Crippen molar-refractivity contribution in [2.24, 2.45) is 7.05 Å². The number of fused-ring (bicyclic) bond motifs is 1. The van der Waals surface area contributed by atoms with Crippen LogP contribution in [-0.4, -0.2) is 46.4 Å². The average Bonchev–Trinajstić information content (AvgIpc) is 3.04. The Morgan fingerprint density at radius 1 is 1.43 bits per heavy atom. The third-order valence-corrected chi connectivity index (χ3v) is 4.37. The average molecular weight is 334 g/mol. The number of aryl methyl sites for hydroxylation is 1. The zero-order valence-corrected chi connectivity index (χ0v) is 14.3. The molecule has 0 N–H and O–H groups in total. The van der Waals surface area contributed by atoms with Crippen LogP contribution in [0.15, 0.2) is 24.4 Å². The van der Waals surface area contributed by atoms with Crippen LogP contribution in [0.4, 0.5) is 5.69 Å². The smallest absolute Gasteiger partial charge is 0.222 e. The summed E-state index contributed by atoms with van der Waals surface area (Å²) in [6.45, 7) is 1.46. The van der Waals surface area contributed by atoms with E-state index in [2.05, 4.69) is 15.1 Å². The van der Waals surface area contributed by atoms with E-state index < -0.39 is 0 Å². The van der Waals surface area contributed by atoms with E-state index in [1.165, 1.54) is 0 Å². The minimum atomic E-state index is 0.127. The van der Waals surface area contributed by atoms with E-state index in [4.69, 9.17) is 11.6 Å². The van der Waals surface area contributed by atoms with E-state index in [1.807, 2.05) is 18.2 Å². The predicted octanol–water partition coefficient (Wildman–Crippen LogP) is 2.05. The van der Waals surface area contributed by atoms with Gasteiger partial charge in [0.1, 0.15) is 5.69 Å². The molecule has 0 unspecified atom stereocenters. The molecule has 23 heavy (non-hydrogen) atoms. The fraction of sp³-hybridized carbons (Fsp3) is 0.438. The number of anilines is 1. The summed E-state index contributed by atoms with van der Waals surface area (Å²) in [4.78, 5) is 17.5. The number of hydrogen-bond acceptors (Lipinski definition) is 4. The molecule has 2 aromatic rings. The number of aromatic nitrogens is 3. The maximum atomic E-state index is 12.1. The van der Waals surface area contributed by atoms with E-state index in [0.717, 1.165) is 23.5 Å². The lowest BCUT2D eigenvalue weighted by Crippen LogP contribution is -2.26. The van der Waals surface area contributed by atoms with Gasteiger partial charge in [-0.2, -0.15) is 15.0 Å². The van der Waals surface area contributed by atoms with E-state index in [9.17, 15) is 4.79 Å². The second-order valence-electron chi connectivity index (χ2n) is 6.10. The number of rotatable bonds is 4. The van der Waals surface area contributed by atoms with Crippen molar-refractivity contribution in [2.45, 2.75) is 18.9 Å². The summed E-state index contributed by atoms with van der Waals surface area (Å²) in [5.74, 6) is 0.276. The molecule has 0 spiro atoms. The zero-order valence-electron chi connectivity index (χ0n) is 13.5. The van der Waals surface area contributed by atoms with Gasteiger partial charge in [-0.1, -0.05) is 11.6 Å². The van der Waals surface area contributed by atoms with Crippen LogP contribution < -0.4 is 4.90 Å². The predicted molar refractivity (Wildman–Crippen MR) is 89.6 cm³/mol. The number of hydrogen-bond donors (Lipinski definition) is 0.